The third kappa shape index (κ3) is 3.51. The molecule has 4 rings (SSSR count). The van der Waals surface area contributed by atoms with Gasteiger partial charge in [-0.2, -0.15) is 0 Å². The molecule has 1 N–H and O–H groups in total. The van der Waals surface area contributed by atoms with Crippen LogP contribution in [0.5, 0.6) is 0 Å². The molecule has 5 heteroatoms. The zero-order valence-electron chi connectivity index (χ0n) is 15.2. The third-order valence-corrected chi connectivity index (χ3v) is 4.84. The molecule has 1 amide bonds. The van der Waals surface area contributed by atoms with Gasteiger partial charge in [-0.15, -0.1) is 0 Å². The molecule has 4 nitrogen and oxygen atoms in total. The maximum absolute atomic E-state index is 13.8. The summed E-state index contributed by atoms with van der Waals surface area (Å²) in [5.74, 6) is -0.883. The number of amides is 1. The van der Waals surface area contributed by atoms with Gasteiger partial charge in [-0.05, 0) is 55.0 Å². The lowest BCUT2D eigenvalue weighted by molar-refractivity contribution is 0.0982. The van der Waals surface area contributed by atoms with Crippen LogP contribution in [-0.4, -0.2) is 18.2 Å². The Labute approximate surface area is 162 Å². The van der Waals surface area contributed by atoms with Crippen LogP contribution in [0.1, 0.15) is 33.6 Å². The molecule has 0 unspecified atom stereocenters. The van der Waals surface area contributed by atoms with Gasteiger partial charge >= 0.3 is 0 Å². The fourth-order valence-electron chi connectivity index (χ4n) is 3.43. The molecular weight excluding hydrogens is 355 g/mol. The standard InChI is InChI=1S/C23H19FN2O2/c24-20-8-3-1-6-18(20)23(28)25-16-11-13-17(14-12-16)26-15-5-10-22(27)19-7-2-4-9-21(19)26/h1-4,6-9,11-14H,5,10,15H2,(H,25,28). The monoisotopic (exact) mass is 374 g/mol. The summed E-state index contributed by atoms with van der Waals surface area (Å²) in [5, 5.41) is 2.72. The minimum absolute atomic E-state index is 0.00605. The molecule has 0 atom stereocenters. The first kappa shape index (κ1) is 17.9. The van der Waals surface area contributed by atoms with Gasteiger partial charge in [-0.3, -0.25) is 9.59 Å². The molecule has 1 heterocycles. The number of anilines is 3. The number of carbonyl (C=O) groups excluding carboxylic acids is 2. The van der Waals surface area contributed by atoms with Gasteiger partial charge in [0.1, 0.15) is 5.82 Å². The van der Waals surface area contributed by atoms with E-state index in [4.69, 9.17) is 0 Å². The summed E-state index contributed by atoms with van der Waals surface area (Å²) in [6.45, 7) is 0.740. The normalized spacial score (nSPS) is 13.6. The van der Waals surface area contributed by atoms with Crippen molar-refractivity contribution in [2.24, 2.45) is 0 Å². The number of fused-ring (bicyclic) bond motifs is 1. The molecule has 140 valence electrons. The highest BCUT2D eigenvalue weighted by molar-refractivity contribution is 6.05. The van der Waals surface area contributed by atoms with Crippen molar-refractivity contribution in [3.05, 3.63) is 89.7 Å². The molecule has 0 aromatic heterocycles. The molecule has 0 aliphatic carbocycles. The average molecular weight is 374 g/mol. The summed E-state index contributed by atoms with van der Waals surface area (Å²) >= 11 is 0. The lowest BCUT2D eigenvalue weighted by atomic mass is 10.1. The summed E-state index contributed by atoms with van der Waals surface area (Å²) in [6.07, 6.45) is 1.31. The van der Waals surface area contributed by atoms with E-state index in [1.165, 1.54) is 12.1 Å². The summed E-state index contributed by atoms with van der Waals surface area (Å²) in [4.78, 5) is 26.7. The van der Waals surface area contributed by atoms with E-state index in [9.17, 15) is 14.0 Å². The van der Waals surface area contributed by atoms with Crippen molar-refractivity contribution in [1.29, 1.82) is 0 Å². The first-order valence-electron chi connectivity index (χ1n) is 9.19. The zero-order chi connectivity index (χ0) is 19.5. The smallest absolute Gasteiger partial charge is 0.258 e. The lowest BCUT2D eigenvalue weighted by Crippen LogP contribution is -2.18. The molecule has 0 spiro atoms. The Morgan fingerprint density at radius 2 is 1.64 bits per heavy atom. The number of halogens is 1. The molecule has 0 saturated carbocycles. The molecule has 0 bridgehead atoms. The lowest BCUT2D eigenvalue weighted by Gasteiger charge is -2.25. The van der Waals surface area contributed by atoms with Crippen LogP contribution in [0.2, 0.25) is 0 Å². The van der Waals surface area contributed by atoms with Gasteiger partial charge in [0.15, 0.2) is 5.78 Å². The van der Waals surface area contributed by atoms with E-state index >= 15 is 0 Å². The van der Waals surface area contributed by atoms with Gasteiger partial charge in [0.2, 0.25) is 0 Å². The minimum Gasteiger partial charge on any atom is -0.341 e. The number of rotatable bonds is 3. The molecule has 1 aliphatic rings. The van der Waals surface area contributed by atoms with Crippen LogP contribution in [0.25, 0.3) is 0 Å². The highest BCUT2D eigenvalue weighted by Gasteiger charge is 2.21. The molecule has 0 saturated heterocycles. The van der Waals surface area contributed by atoms with Crippen molar-refractivity contribution in [2.45, 2.75) is 12.8 Å². The van der Waals surface area contributed by atoms with Gasteiger partial charge < -0.3 is 10.2 Å². The minimum atomic E-state index is -0.553. The maximum atomic E-state index is 13.8. The van der Waals surface area contributed by atoms with Crippen LogP contribution in [0.15, 0.2) is 72.8 Å². The van der Waals surface area contributed by atoms with Crippen LogP contribution in [0.3, 0.4) is 0 Å². The second-order valence-electron chi connectivity index (χ2n) is 6.68. The predicted molar refractivity (Wildman–Crippen MR) is 108 cm³/mol. The average Bonchev–Trinajstić information content (AvgIpc) is 2.88. The first-order chi connectivity index (χ1) is 13.6. The number of nitrogens with zero attached hydrogens (tertiary/aromatic N) is 1. The summed E-state index contributed by atoms with van der Waals surface area (Å²) < 4.78 is 13.8. The number of carbonyl (C=O) groups is 2. The Hall–Kier alpha value is -3.47. The number of Topliss-reactive ketones (excluding diaryl/α,β-unsaturated/α-hetero) is 1. The highest BCUT2D eigenvalue weighted by Crippen LogP contribution is 2.33. The van der Waals surface area contributed by atoms with Gasteiger partial charge in [0.25, 0.3) is 5.91 Å². The van der Waals surface area contributed by atoms with E-state index in [0.29, 0.717) is 12.1 Å². The van der Waals surface area contributed by atoms with E-state index in [0.717, 1.165) is 29.9 Å². The second-order valence-corrected chi connectivity index (χ2v) is 6.68. The zero-order valence-corrected chi connectivity index (χ0v) is 15.2. The van der Waals surface area contributed by atoms with E-state index in [1.807, 2.05) is 36.4 Å². The molecule has 3 aromatic rings. The number of ketones is 1. The Bertz CT molecular complexity index is 1030. The topological polar surface area (TPSA) is 49.4 Å². The number of hydrogen-bond acceptors (Lipinski definition) is 3. The Balaban J connectivity index is 1.57. The maximum Gasteiger partial charge on any atom is 0.258 e. The Morgan fingerprint density at radius 1 is 0.929 bits per heavy atom. The van der Waals surface area contributed by atoms with Gasteiger partial charge in [-0.25, -0.2) is 4.39 Å². The summed E-state index contributed by atoms with van der Waals surface area (Å²) in [6, 6.07) is 20.8. The van der Waals surface area contributed by atoms with Crippen LogP contribution < -0.4 is 10.2 Å². The van der Waals surface area contributed by atoms with Crippen molar-refractivity contribution in [2.75, 3.05) is 16.8 Å². The number of nitrogens with one attached hydrogen (secondary N) is 1. The highest BCUT2D eigenvalue weighted by atomic mass is 19.1. The largest absolute Gasteiger partial charge is 0.341 e. The van der Waals surface area contributed by atoms with Crippen LogP contribution in [0.4, 0.5) is 21.5 Å². The van der Waals surface area contributed by atoms with Crippen LogP contribution in [-0.2, 0) is 0 Å². The fraction of sp³-hybridized carbons (Fsp3) is 0.130. The summed E-state index contributed by atoms with van der Waals surface area (Å²) in [7, 11) is 0. The van der Waals surface area contributed by atoms with E-state index < -0.39 is 11.7 Å². The molecular formula is C23H19FN2O2. The third-order valence-electron chi connectivity index (χ3n) is 4.84. The quantitative estimate of drug-likeness (QED) is 0.686. The van der Waals surface area contributed by atoms with Crippen molar-refractivity contribution in [1.82, 2.24) is 0 Å². The van der Waals surface area contributed by atoms with Crippen LogP contribution in [0, 0.1) is 5.82 Å². The summed E-state index contributed by atoms with van der Waals surface area (Å²) in [5.41, 5.74) is 3.15. The first-order valence-corrected chi connectivity index (χ1v) is 9.19. The number of hydrogen-bond donors (Lipinski definition) is 1. The second kappa shape index (κ2) is 7.64. The molecule has 1 aliphatic heterocycles. The Morgan fingerprint density at radius 3 is 2.43 bits per heavy atom. The van der Waals surface area contributed by atoms with Crippen molar-refractivity contribution < 1.29 is 14.0 Å². The van der Waals surface area contributed by atoms with Crippen molar-refractivity contribution in [3.63, 3.8) is 0 Å². The SMILES string of the molecule is O=C(Nc1ccc(N2CCCC(=O)c3ccccc32)cc1)c1ccccc1F. The molecule has 28 heavy (non-hydrogen) atoms. The molecule has 0 radical (unpaired) electrons. The van der Waals surface area contributed by atoms with Crippen molar-refractivity contribution in [3.8, 4) is 0 Å². The number of benzene rings is 3. The predicted octanol–water partition coefficient (Wildman–Crippen LogP) is 5.19. The van der Waals surface area contributed by atoms with Gasteiger partial charge in [0.05, 0.1) is 11.3 Å². The van der Waals surface area contributed by atoms with Crippen LogP contribution >= 0.6 is 0 Å². The van der Waals surface area contributed by atoms with E-state index in [1.54, 1.807) is 24.3 Å². The van der Waals surface area contributed by atoms with Gasteiger partial charge in [0, 0.05) is 29.9 Å². The molecule has 0 fully saturated rings. The Kier molecular flexibility index (Phi) is 4.89. The van der Waals surface area contributed by atoms with Crippen molar-refractivity contribution >= 4 is 28.8 Å². The molecule has 3 aromatic carbocycles. The van der Waals surface area contributed by atoms with E-state index in [-0.39, 0.29) is 11.3 Å². The number of para-hydroxylation sites is 1. The fourth-order valence-corrected chi connectivity index (χ4v) is 3.43. The van der Waals surface area contributed by atoms with E-state index in [2.05, 4.69) is 10.2 Å². The van der Waals surface area contributed by atoms with Gasteiger partial charge in [-0.1, -0.05) is 24.3 Å².